The molecule has 0 spiro atoms. The number of halogens is 1. The molecule has 3 atom stereocenters. The number of carbonyl (C=O) groups excluding carboxylic acids is 1. The molecule has 1 heterocycles. The molecule has 5 rings (SSSR count). The van der Waals surface area contributed by atoms with Crippen LogP contribution in [0.3, 0.4) is 0 Å². The van der Waals surface area contributed by atoms with Crippen molar-refractivity contribution < 1.29 is 18.7 Å². The third-order valence-electron chi connectivity index (χ3n) is 6.90. The van der Waals surface area contributed by atoms with Crippen LogP contribution in [0, 0.1) is 31.5 Å². The predicted octanol–water partition coefficient (Wildman–Crippen LogP) is 6.59. The molecule has 0 saturated carbocycles. The van der Waals surface area contributed by atoms with E-state index in [0.29, 0.717) is 5.56 Å². The van der Waals surface area contributed by atoms with Crippen molar-refractivity contribution in [3.05, 3.63) is 94.3 Å². The molecule has 3 aromatic carbocycles. The Balaban J connectivity index is 1.39. The van der Waals surface area contributed by atoms with Crippen LogP contribution >= 0.6 is 11.8 Å². The summed E-state index contributed by atoms with van der Waals surface area (Å²) >= 11 is 1.72. The highest BCUT2D eigenvalue weighted by Crippen LogP contribution is 2.50. The van der Waals surface area contributed by atoms with Gasteiger partial charge in [-0.1, -0.05) is 36.4 Å². The van der Waals surface area contributed by atoms with Crippen molar-refractivity contribution in [1.29, 1.82) is 0 Å². The van der Waals surface area contributed by atoms with Crippen molar-refractivity contribution >= 4 is 17.7 Å². The van der Waals surface area contributed by atoms with Crippen molar-refractivity contribution in [2.24, 2.45) is 11.8 Å². The number of hydrogen-bond acceptors (Lipinski definition) is 4. The number of benzene rings is 3. The van der Waals surface area contributed by atoms with Gasteiger partial charge in [0.2, 0.25) is 0 Å². The SMILES string of the molecule is Cc1cc(OCc2ccccc2F)c(C)c2c1CCC1C(CSc3ccccc3)C(=O)OC21. The zero-order chi connectivity index (χ0) is 22.9. The van der Waals surface area contributed by atoms with E-state index in [1.165, 1.54) is 16.5 Å². The fourth-order valence-electron chi connectivity index (χ4n) is 5.12. The van der Waals surface area contributed by atoms with Gasteiger partial charge in [0.15, 0.2) is 0 Å². The standard InChI is InChI=1S/C28H27FO3S/c1-17-14-25(31-15-19-8-6-7-11-24(19)29)18(2)26-21(17)12-13-22-23(28(30)32-27(22)26)16-33-20-9-4-3-5-10-20/h3-11,14,22-23,27H,12-13,15-16H2,1-2H3. The quantitative estimate of drug-likeness (QED) is 0.306. The zero-order valence-electron chi connectivity index (χ0n) is 18.8. The summed E-state index contributed by atoms with van der Waals surface area (Å²) in [5, 5.41) is 0. The number of rotatable bonds is 6. The van der Waals surface area contributed by atoms with Crippen LogP contribution in [0.15, 0.2) is 65.6 Å². The van der Waals surface area contributed by atoms with E-state index in [2.05, 4.69) is 19.1 Å². The minimum Gasteiger partial charge on any atom is -0.489 e. The van der Waals surface area contributed by atoms with Gasteiger partial charge in [-0.05, 0) is 67.6 Å². The van der Waals surface area contributed by atoms with Gasteiger partial charge in [0, 0.05) is 27.7 Å². The Morgan fingerprint density at radius 1 is 1.09 bits per heavy atom. The van der Waals surface area contributed by atoms with Crippen molar-refractivity contribution in [1.82, 2.24) is 0 Å². The summed E-state index contributed by atoms with van der Waals surface area (Å²) in [5.41, 5.74) is 5.00. The lowest BCUT2D eigenvalue weighted by atomic mass is 9.74. The second-order valence-electron chi connectivity index (χ2n) is 8.88. The highest BCUT2D eigenvalue weighted by atomic mass is 32.2. The summed E-state index contributed by atoms with van der Waals surface area (Å²) < 4.78 is 26.1. The molecule has 1 aliphatic heterocycles. The molecule has 3 nitrogen and oxygen atoms in total. The van der Waals surface area contributed by atoms with E-state index in [1.54, 1.807) is 23.9 Å². The Bertz CT molecular complexity index is 1180. The summed E-state index contributed by atoms with van der Waals surface area (Å²) in [5.74, 6) is 1.13. The van der Waals surface area contributed by atoms with Crippen LogP contribution in [0.1, 0.15) is 40.3 Å². The number of carbonyl (C=O) groups is 1. The average Bonchev–Trinajstić information content (AvgIpc) is 3.15. The third-order valence-corrected chi connectivity index (χ3v) is 8.03. The van der Waals surface area contributed by atoms with Gasteiger partial charge in [0.1, 0.15) is 24.3 Å². The highest BCUT2D eigenvalue weighted by molar-refractivity contribution is 7.99. The summed E-state index contributed by atoms with van der Waals surface area (Å²) in [4.78, 5) is 14.1. The second-order valence-corrected chi connectivity index (χ2v) is 9.97. The molecule has 0 amide bonds. The van der Waals surface area contributed by atoms with Gasteiger partial charge in [-0.25, -0.2) is 4.39 Å². The van der Waals surface area contributed by atoms with Crippen LogP contribution in [0.2, 0.25) is 0 Å². The van der Waals surface area contributed by atoms with Crippen molar-refractivity contribution in [2.45, 2.75) is 44.3 Å². The first-order chi connectivity index (χ1) is 16.0. The van der Waals surface area contributed by atoms with E-state index in [0.717, 1.165) is 41.0 Å². The largest absolute Gasteiger partial charge is 0.489 e. The van der Waals surface area contributed by atoms with Gasteiger partial charge >= 0.3 is 5.97 Å². The molecule has 33 heavy (non-hydrogen) atoms. The Hall–Kier alpha value is -2.79. The summed E-state index contributed by atoms with van der Waals surface area (Å²) in [6.45, 7) is 4.27. The molecule has 0 bridgehead atoms. The third kappa shape index (κ3) is 4.26. The lowest BCUT2D eigenvalue weighted by Gasteiger charge is -2.31. The number of esters is 1. The number of fused-ring (bicyclic) bond motifs is 3. The van der Waals surface area contributed by atoms with Gasteiger partial charge in [0.25, 0.3) is 0 Å². The van der Waals surface area contributed by atoms with Crippen LogP contribution in [0.4, 0.5) is 4.39 Å². The number of thioether (sulfide) groups is 1. The maximum Gasteiger partial charge on any atom is 0.310 e. The maximum atomic E-state index is 14.1. The minimum absolute atomic E-state index is 0.101. The Morgan fingerprint density at radius 3 is 2.64 bits per heavy atom. The molecule has 0 N–H and O–H groups in total. The lowest BCUT2D eigenvalue weighted by Crippen LogP contribution is -2.25. The van der Waals surface area contributed by atoms with E-state index < -0.39 is 0 Å². The average molecular weight is 463 g/mol. The summed E-state index contributed by atoms with van der Waals surface area (Å²) in [6.07, 6.45) is 1.64. The Kier molecular flexibility index (Phi) is 6.15. The predicted molar refractivity (Wildman–Crippen MR) is 128 cm³/mol. The van der Waals surface area contributed by atoms with Crippen molar-refractivity contribution in [2.75, 3.05) is 5.75 Å². The number of ether oxygens (including phenoxy) is 2. The van der Waals surface area contributed by atoms with Gasteiger partial charge in [-0.15, -0.1) is 11.8 Å². The Labute approximate surface area is 198 Å². The summed E-state index contributed by atoms with van der Waals surface area (Å²) in [6, 6.07) is 18.9. The minimum atomic E-state index is -0.270. The van der Waals surface area contributed by atoms with Crippen LogP contribution in [0.25, 0.3) is 0 Å². The number of aryl methyl sites for hydroxylation is 1. The van der Waals surface area contributed by atoms with Gasteiger partial charge in [-0.3, -0.25) is 4.79 Å². The monoisotopic (exact) mass is 462 g/mol. The van der Waals surface area contributed by atoms with Gasteiger partial charge in [-0.2, -0.15) is 0 Å². The fraction of sp³-hybridized carbons (Fsp3) is 0.321. The number of hydrogen-bond donors (Lipinski definition) is 0. The normalized spacial score (nSPS) is 21.3. The van der Waals surface area contributed by atoms with E-state index in [4.69, 9.17) is 9.47 Å². The first-order valence-electron chi connectivity index (χ1n) is 11.4. The van der Waals surface area contributed by atoms with Crippen molar-refractivity contribution in [3.8, 4) is 5.75 Å². The van der Waals surface area contributed by atoms with E-state index in [9.17, 15) is 9.18 Å². The smallest absolute Gasteiger partial charge is 0.310 e. The first kappa shape index (κ1) is 22.0. The second kappa shape index (κ2) is 9.22. The van der Waals surface area contributed by atoms with Crippen LogP contribution in [0.5, 0.6) is 5.75 Å². The topological polar surface area (TPSA) is 35.5 Å². The van der Waals surface area contributed by atoms with Crippen LogP contribution in [-0.2, 0) is 22.6 Å². The van der Waals surface area contributed by atoms with E-state index in [1.807, 2.05) is 37.3 Å². The Morgan fingerprint density at radius 2 is 1.85 bits per heavy atom. The van der Waals surface area contributed by atoms with Gasteiger partial charge in [0.05, 0.1) is 5.92 Å². The fourth-order valence-corrected chi connectivity index (χ4v) is 6.22. The van der Waals surface area contributed by atoms with Crippen LogP contribution in [-0.4, -0.2) is 11.7 Å². The molecule has 0 aromatic heterocycles. The highest BCUT2D eigenvalue weighted by Gasteiger charge is 2.48. The molecule has 5 heteroatoms. The summed E-state index contributed by atoms with van der Waals surface area (Å²) in [7, 11) is 0. The lowest BCUT2D eigenvalue weighted by molar-refractivity contribution is -0.144. The van der Waals surface area contributed by atoms with E-state index in [-0.39, 0.29) is 36.3 Å². The molecule has 3 aromatic rings. The zero-order valence-corrected chi connectivity index (χ0v) is 19.7. The molecular weight excluding hydrogens is 435 g/mol. The molecule has 3 unspecified atom stereocenters. The molecule has 1 aliphatic carbocycles. The maximum absolute atomic E-state index is 14.1. The van der Waals surface area contributed by atoms with E-state index >= 15 is 0 Å². The molecule has 1 fully saturated rings. The van der Waals surface area contributed by atoms with Crippen LogP contribution < -0.4 is 4.74 Å². The van der Waals surface area contributed by atoms with Gasteiger partial charge < -0.3 is 9.47 Å². The van der Waals surface area contributed by atoms with Crippen molar-refractivity contribution in [3.63, 3.8) is 0 Å². The first-order valence-corrected chi connectivity index (χ1v) is 12.4. The molecule has 2 aliphatic rings. The molecule has 170 valence electrons. The molecule has 0 radical (unpaired) electrons. The molecule has 1 saturated heterocycles. The molecular formula is C28H27FO3S.